The normalized spacial score (nSPS) is 11.3. The van der Waals surface area contributed by atoms with Crippen LogP contribution in [-0.4, -0.2) is 19.7 Å². The summed E-state index contributed by atoms with van der Waals surface area (Å²) in [7, 11) is 0. The van der Waals surface area contributed by atoms with Crippen LogP contribution in [0.1, 0.15) is 20.3 Å². The Morgan fingerprint density at radius 2 is 2.11 bits per heavy atom. The molecule has 0 aromatic heterocycles. The fourth-order valence-corrected chi connectivity index (χ4v) is 3.04. The van der Waals surface area contributed by atoms with Crippen molar-refractivity contribution in [3.05, 3.63) is 20.3 Å². The third-order valence-corrected chi connectivity index (χ3v) is 4.35. The van der Waals surface area contributed by atoms with Gasteiger partial charge in [-0.1, -0.05) is 0 Å². The van der Waals surface area contributed by atoms with Crippen LogP contribution in [-0.2, 0) is 3.08 Å². The van der Waals surface area contributed by atoms with Crippen LogP contribution in [0, 0.1) is 0 Å². The van der Waals surface area contributed by atoms with Gasteiger partial charge in [0.2, 0.25) is 0 Å². The van der Waals surface area contributed by atoms with E-state index in [4.69, 9.17) is 0 Å². The van der Waals surface area contributed by atoms with Crippen molar-refractivity contribution in [1.29, 1.82) is 0 Å². The summed E-state index contributed by atoms with van der Waals surface area (Å²) in [6, 6.07) is 0. The molecule has 0 radical (unpaired) electrons. The summed E-state index contributed by atoms with van der Waals surface area (Å²) in [6.45, 7) is 3.95. The molecule has 0 N–H and O–H groups in total. The van der Waals surface area contributed by atoms with Gasteiger partial charge >= 0.3 is 63.4 Å². The monoisotopic (exact) mass is 232 g/mol. The zero-order valence-corrected chi connectivity index (χ0v) is 8.78. The summed E-state index contributed by atoms with van der Waals surface area (Å²) in [5.74, 6) is 0. The summed E-state index contributed by atoms with van der Waals surface area (Å²) < 4.78 is 14.6. The number of rotatable bonds is 3. The molecule has 0 heterocycles. The summed E-state index contributed by atoms with van der Waals surface area (Å²) in [5.41, 5.74) is 0. The summed E-state index contributed by atoms with van der Waals surface area (Å²) in [6.07, 6.45) is 4.83. The molecule has 0 unspecified atom stereocenters. The second kappa shape index (κ2) is 6.20. The van der Waals surface area contributed by atoms with Crippen molar-refractivity contribution in [3.8, 4) is 0 Å². The molecule has 0 aliphatic heterocycles. The average molecular weight is 231 g/mol. The zero-order valence-electron chi connectivity index (χ0n) is 5.92. The first-order valence-electron chi connectivity index (χ1n) is 3.14. The van der Waals surface area contributed by atoms with Crippen LogP contribution in [0.4, 0.5) is 0 Å². The van der Waals surface area contributed by atoms with Gasteiger partial charge < -0.3 is 0 Å². The van der Waals surface area contributed by atoms with Gasteiger partial charge in [0.15, 0.2) is 0 Å². The Bertz CT molecular complexity index is 136. The molecular formula is C7H12OSn. The Labute approximate surface area is 63.6 Å². The van der Waals surface area contributed by atoms with E-state index in [1.807, 2.05) is 34.2 Å². The molecule has 0 aromatic carbocycles. The molecule has 0 saturated heterocycles. The van der Waals surface area contributed by atoms with Crippen LogP contribution in [0.3, 0.4) is 0 Å². The molecule has 0 atom stereocenters. The van der Waals surface area contributed by atoms with E-state index in [9.17, 15) is 3.08 Å². The van der Waals surface area contributed by atoms with Gasteiger partial charge in [-0.15, -0.1) is 0 Å². The van der Waals surface area contributed by atoms with Crippen LogP contribution in [0.5, 0.6) is 0 Å². The predicted octanol–water partition coefficient (Wildman–Crippen LogP) is 2.03. The van der Waals surface area contributed by atoms with Gasteiger partial charge in [0.05, 0.1) is 0 Å². The topological polar surface area (TPSA) is 17.1 Å². The molecule has 50 valence electrons. The van der Waals surface area contributed by atoms with Gasteiger partial charge in [-0.3, -0.25) is 0 Å². The van der Waals surface area contributed by atoms with Gasteiger partial charge in [0.1, 0.15) is 0 Å². The van der Waals surface area contributed by atoms with Crippen molar-refractivity contribution in [2.24, 2.45) is 0 Å². The molecule has 0 amide bonds. The molecule has 0 aromatic rings. The van der Waals surface area contributed by atoms with E-state index in [0.29, 0.717) is 0 Å². The van der Waals surface area contributed by atoms with Crippen molar-refractivity contribution in [1.82, 2.24) is 0 Å². The first-order chi connectivity index (χ1) is 4.31. The van der Waals surface area contributed by atoms with E-state index in [2.05, 4.69) is 0 Å². The Morgan fingerprint density at radius 3 is 2.56 bits per heavy atom. The molecule has 2 heteroatoms. The first kappa shape index (κ1) is 9.08. The van der Waals surface area contributed by atoms with Gasteiger partial charge in [0.25, 0.3) is 0 Å². The van der Waals surface area contributed by atoms with Crippen LogP contribution < -0.4 is 0 Å². The van der Waals surface area contributed by atoms with E-state index >= 15 is 0 Å². The molecular weight excluding hydrogens is 219 g/mol. The van der Waals surface area contributed by atoms with E-state index in [0.717, 1.165) is 6.42 Å². The summed E-state index contributed by atoms with van der Waals surface area (Å²) in [5, 5.41) is 0. The molecule has 0 saturated carbocycles. The van der Waals surface area contributed by atoms with Gasteiger partial charge in [0, 0.05) is 0 Å². The molecule has 0 spiro atoms. The van der Waals surface area contributed by atoms with Crippen molar-refractivity contribution >= 4 is 19.7 Å². The van der Waals surface area contributed by atoms with Crippen LogP contribution >= 0.6 is 0 Å². The molecule has 0 aliphatic rings. The maximum absolute atomic E-state index is 10.9. The Hall–Kier alpha value is 0.0787. The first-order valence-corrected chi connectivity index (χ1v) is 7.60. The average Bonchev–Trinajstić information content (AvgIpc) is 1.85. The fourth-order valence-electron chi connectivity index (χ4n) is 0.454. The number of allylic oxidation sites excluding steroid dienone is 2. The number of hydrogen-bond acceptors (Lipinski definition) is 1. The maximum atomic E-state index is 10.9. The summed E-state index contributed by atoms with van der Waals surface area (Å²) in [4.78, 5) is 0. The molecule has 1 nitrogen and oxygen atoms in total. The second-order valence-corrected chi connectivity index (χ2v) is 5.91. The Balaban J connectivity index is 3.63. The third-order valence-electron chi connectivity index (χ3n) is 0.849. The predicted molar refractivity (Wildman–Crippen MR) is 40.7 cm³/mol. The van der Waals surface area contributed by atoms with Crippen molar-refractivity contribution in [3.63, 3.8) is 0 Å². The quantitative estimate of drug-likeness (QED) is 0.679. The van der Waals surface area contributed by atoms with E-state index in [-0.39, 0.29) is 0 Å². The zero-order chi connectivity index (χ0) is 7.11. The van der Waals surface area contributed by atoms with E-state index < -0.39 is 19.7 Å². The minimum absolute atomic E-state index is 0.990. The summed E-state index contributed by atoms with van der Waals surface area (Å²) >= 11 is -2.32. The van der Waals surface area contributed by atoms with Gasteiger partial charge in [-0.05, 0) is 0 Å². The molecule has 0 aliphatic carbocycles. The van der Waals surface area contributed by atoms with Crippen LogP contribution in [0.15, 0.2) is 20.3 Å². The van der Waals surface area contributed by atoms with Crippen LogP contribution in [0.25, 0.3) is 0 Å². The van der Waals surface area contributed by atoms with E-state index in [1.165, 1.54) is 0 Å². The fraction of sp³-hybridized carbons (Fsp3) is 0.429. The van der Waals surface area contributed by atoms with E-state index in [1.54, 1.807) is 0 Å². The van der Waals surface area contributed by atoms with Gasteiger partial charge in [-0.2, -0.15) is 0 Å². The van der Waals surface area contributed by atoms with Crippen molar-refractivity contribution in [2.75, 3.05) is 0 Å². The molecule has 0 fully saturated rings. The molecule has 9 heavy (non-hydrogen) atoms. The standard InChI is InChI=1S/C4H7.C3H5.O.Sn/c1-3-4-2;1-3-2;;/h1,3H,4H2,2H3;1,3H,2H3;;. The Morgan fingerprint density at radius 1 is 1.44 bits per heavy atom. The third kappa shape index (κ3) is 5.96. The second-order valence-electron chi connectivity index (χ2n) is 1.71. The number of hydrogen-bond donors (Lipinski definition) is 0. The van der Waals surface area contributed by atoms with Crippen LogP contribution in [0.2, 0.25) is 0 Å². The van der Waals surface area contributed by atoms with Crippen molar-refractivity contribution < 1.29 is 3.08 Å². The Kier molecular flexibility index (Phi) is 6.26. The van der Waals surface area contributed by atoms with Crippen molar-refractivity contribution in [2.45, 2.75) is 20.3 Å². The van der Waals surface area contributed by atoms with Gasteiger partial charge in [-0.25, -0.2) is 0 Å². The molecule has 0 rings (SSSR count). The SMILES string of the molecule is CC=[CH][Sn](=[O])[CH]=CCC. The minimum atomic E-state index is -2.32. The molecule has 0 bridgehead atoms.